The summed E-state index contributed by atoms with van der Waals surface area (Å²) in [5, 5.41) is 20.3. The predicted octanol–water partition coefficient (Wildman–Crippen LogP) is 5.89. The number of hydrogen-bond donors (Lipinski definition) is 1. The van der Waals surface area contributed by atoms with Crippen LogP contribution in [0.15, 0.2) is 72.8 Å². The van der Waals surface area contributed by atoms with Crippen LogP contribution in [0.1, 0.15) is 16.7 Å². The van der Waals surface area contributed by atoms with Crippen molar-refractivity contribution in [2.45, 2.75) is 31.0 Å². The Morgan fingerprint density at radius 2 is 1.03 bits per heavy atom. The van der Waals surface area contributed by atoms with Crippen molar-refractivity contribution >= 4 is 5.69 Å². The number of aliphatic hydroxyl groups is 1. The molecule has 1 aliphatic rings. The number of non-ortho nitro benzene ring substituents is 1. The van der Waals surface area contributed by atoms with Crippen molar-refractivity contribution in [3.05, 3.63) is 99.6 Å². The summed E-state index contributed by atoms with van der Waals surface area (Å²) in [5.74, 6) is 0. The number of nitro benzene ring substituents is 1. The molecule has 3 aromatic rings. The van der Waals surface area contributed by atoms with Gasteiger partial charge >= 0.3 is 12.4 Å². The zero-order chi connectivity index (χ0) is 28.4. The van der Waals surface area contributed by atoms with Crippen LogP contribution >= 0.6 is 0 Å². The fraction of sp³-hybridized carbons (Fsp3) is 0.333. The summed E-state index contributed by atoms with van der Waals surface area (Å²) in [4.78, 5) is 14.9. The maximum atomic E-state index is 13.1. The van der Waals surface area contributed by atoms with Crippen LogP contribution in [0.4, 0.5) is 32.0 Å². The zero-order valence-corrected chi connectivity index (χ0v) is 20.5. The van der Waals surface area contributed by atoms with Crippen LogP contribution in [0.25, 0.3) is 11.1 Å². The Bertz CT molecular complexity index is 1250. The number of alkyl halides is 6. The number of hydrogen-bond acceptors (Lipinski definition) is 5. The van der Waals surface area contributed by atoms with Gasteiger partial charge in [-0.3, -0.25) is 19.9 Å². The van der Waals surface area contributed by atoms with Gasteiger partial charge in [0.15, 0.2) is 0 Å². The summed E-state index contributed by atoms with van der Waals surface area (Å²) >= 11 is 0. The maximum absolute atomic E-state index is 13.1. The van der Waals surface area contributed by atoms with E-state index in [0.29, 0.717) is 36.3 Å². The van der Waals surface area contributed by atoms with Crippen LogP contribution in [0.2, 0.25) is 0 Å². The minimum atomic E-state index is -5.93. The smallest absolute Gasteiger partial charge is 0.369 e. The first kappa shape index (κ1) is 28.5. The van der Waals surface area contributed by atoms with Crippen LogP contribution in [0.3, 0.4) is 0 Å². The number of nitrogens with zero attached hydrogens (tertiary/aromatic N) is 3. The van der Waals surface area contributed by atoms with E-state index < -0.39 is 28.4 Å². The van der Waals surface area contributed by atoms with Crippen molar-refractivity contribution in [3.8, 4) is 11.1 Å². The van der Waals surface area contributed by atoms with Crippen LogP contribution in [0.5, 0.6) is 0 Å². The van der Waals surface area contributed by atoms with Crippen LogP contribution in [0, 0.1) is 10.1 Å². The summed E-state index contributed by atoms with van der Waals surface area (Å²) < 4.78 is 78.6. The highest BCUT2D eigenvalue weighted by atomic mass is 19.4. The van der Waals surface area contributed by atoms with E-state index in [2.05, 4.69) is 9.80 Å². The second-order valence-electron chi connectivity index (χ2n) is 9.46. The maximum Gasteiger partial charge on any atom is 0.430 e. The lowest BCUT2D eigenvalue weighted by atomic mass is 9.90. The van der Waals surface area contributed by atoms with Crippen molar-refractivity contribution in [3.63, 3.8) is 0 Å². The van der Waals surface area contributed by atoms with Crippen molar-refractivity contribution in [2.75, 3.05) is 26.2 Å². The molecule has 3 aromatic carbocycles. The lowest BCUT2D eigenvalue weighted by molar-refractivity contribution is -0.384. The average Bonchev–Trinajstić information content (AvgIpc) is 2.89. The number of halogens is 6. The van der Waals surface area contributed by atoms with Gasteiger partial charge in [0.1, 0.15) is 0 Å². The molecule has 12 heteroatoms. The number of piperazine rings is 1. The van der Waals surface area contributed by atoms with Gasteiger partial charge in [0.2, 0.25) is 0 Å². The normalized spacial score (nSPS) is 15.9. The van der Waals surface area contributed by atoms with Crippen molar-refractivity contribution in [1.82, 2.24) is 9.80 Å². The molecular weight excluding hydrogens is 528 g/mol. The third kappa shape index (κ3) is 6.23. The van der Waals surface area contributed by atoms with E-state index in [1.807, 2.05) is 12.1 Å². The van der Waals surface area contributed by atoms with Crippen LogP contribution in [-0.4, -0.2) is 58.4 Å². The number of rotatable bonds is 7. The van der Waals surface area contributed by atoms with Gasteiger partial charge in [0.25, 0.3) is 11.3 Å². The van der Waals surface area contributed by atoms with E-state index in [1.165, 1.54) is 12.1 Å². The van der Waals surface area contributed by atoms with Crippen molar-refractivity contribution in [2.24, 2.45) is 0 Å². The van der Waals surface area contributed by atoms with Gasteiger partial charge in [-0.1, -0.05) is 60.7 Å². The van der Waals surface area contributed by atoms with Gasteiger partial charge in [0, 0.05) is 57.0 Å². The molecule has 39 heavy (non-hydrogen) atoms. The van der Waals surface area contributed by atoms with Crippen molar-refractivity contribution in [1.29, 1.82) is 0 Å². The summed E-state index contributed by atoms with van der Waals surface area (Å²) in [6, 6.07) is 17.2. The minimum absolute atomic E-state index is 0.0571. The molecule has 0 spiro atoms. The topological polar surface area (TPSA) is 69.9 Å². The molecule has 1 fully saturated rings. The first-order valence-corrected chi connectivity index (χ1v) is 12.0. The number of nitro groups is 1. The molecule has 0 aromatic heterocycles. The predicted molar refractivity (Wildman–Crippen MR) is 132 cm³/mol. The largest absolute Gasteiger partial charge is 0.430 e. The Morgan fingerprint density at radius 1 is 0.667 bits per heavy atom. The molecular formula is C27H25F6N3O3. The molecule has 0 aliphatic carbocycles. The third-order valence-corrected chi connectivity index (χ3v) is 6.83. The van der Waals surface area contributed by atoms with Gasteiger partial charge in [-0.25, -0.2) is 0 Å². The molecule has 0 radical (unpaired) electrons. The Kier molecular flexibility index (Phi) is 8.01. The van der Waals surface area contributed by atoms with E-state index in [1.54, 1.807) is 24.3 Å². The fourth-order valence-electron chi connectivity index (χ4n) is 4.54. The highest BCUT2D eigenvalue weighted by molar-refractivity contribution is 5.64. The molecule has 1 aliphatic heterocycles. The van der Waals surface area contributed by atoms with Crippen molar-refractivity contribution < 1.29 is 36.4 Å². The lowest BCUT2D eigenvalue weighted by Gasteiger charge is -2.34. The second kappa shape index (κ2) is 10.9. The van der Waals surface area contributed by atoms with E-state index in [-0.39, 0.29) is 5.69 Å². The van der Waals surface area contributed by atoms with Crippen LogP contribution < -0.4 is 0 Å². The first-order chi connectivity index (χ1) is 18.3. The van der Waals surface area contributed by atoms with E-state index in [9.17, 15) is 41.6 Å². The second-order valence-corrected chi connectivity index (χ2v) is 9.46. The summed E-state index contributed by atoms with van der Waals surface area (Å²) in [6.45, 7) is 4.65. The quantitative estimate of drug-likeness (QED) is 0.225. The molecule has 1 heterocycles. The highest BCUT2D eigenvalue weighted by Gasteiger charge is 2.71. The van der Waals surface area contributed by atoms with Crippen LogP contribution in [-0.2, 0) is 18.7 Å². The standard InChI is InChI=1S/C27H25F6N3O3/c28-26(29,30)25(37,27(31,32)33)23-9-7-22(8-10-23)21-5-1-19(2-6-21)17-34-13-15-35(16-14-34)18-20-3-11-24(12-4-20)36(38)39/h1-12,37H,13-18H2. The van der Waals surface area contributed by atoms with E-state index in [4.69, 9.17) is 0 Å². The molecule has 0 bridgehead atoms. The highest BCUT2D eigenvalue weighted by Crippen LogP contribution is 2.50. The summed E-state index contributed by atoms with van der Waals surface area (Å²) in [5.41, 5.74) is -3.16. The molecule has 1 saturated heterocycles. The molecule has 4 rings (SSSR count). The number of benzene rings is 3. The third-order valence-electron chi connectivity index (χ3n) is 6.83. The molecule has 0 amide bonds. The SMILES string of the molecule is O=[N+]([O-])c1ccc(CN2CCN(Cc3ccc(-c4ccc(C(O)(C(F)(F)F)C(F)(F)F)cc4)cc3)CC2)cc1. The van der Waals surface area contributed by atoms with Gasteiger partial charge in [0.05, 0.1) is 4.92 Å². The first-order valence-electron chi connectivity index (χ1n) is 12.0. The summed E-state index contributed by atoms with van der Waals surface area (Å²) in [7, 11) is 0. The average molecular weight is 554 g/mol. The fourth-order valence-corrected chi connectivity index (χ4v) is 4.54. The zero-order valence-electron chi connectivity index (χ0n) is 20.5. The molecule has 208 valence electrons. The van der Waals surface area contributed by atoms with E-state index >= 15 is 0 Å². The minimum Gasteiger partial charge on any atom is -0.369 e. The Hall–Kier alpha value is -3.48. The van der Waals surface area contributed by atoms with Gasteiger partial charge in [-0.15, -0.1) is 0 Å². The summed E-state index contributed by atoms with van der Waals surface area (Å²) in [6.07, 6.45) is -11.9. The lowest BCUT2D eigenvalue weighted by Crippen LogP contribution is -2.53. The van der Waals surface area contributed by atoms with Gasteiger partial charge < -0.3 is 5.11 Å². The van der Waals surface area contributed by atoms with Gasteiger partial charge in [-0.2, -0.15) is 26.3 Å². The monoisotopic (exact) mass is 553 g/mol. The molecule has 6 nitrogen and oxygen atoms in total. The molecule has 0 saturated carbocycles. The molecule has 0 atom stereocenters. The van der Waals surface area contributed by atoms with Gasteiger partial charge in [-0.05, 0) is 22.3 Å². The Balaban J connectivity index is 1.33. The Labute approximate surface area is 220 Å². The van der Waals surface area contributed by atoms with E-state index in [0.717, 1.165) is 49.4 Å². The molecule has 1 N–H and O–H groups in total. The molecule has 0 unspecified atom stereocenters. The Morgan fingerprint density at radius 3 is 1.38 bits per heavy atom.